The highest BCUT2D eigenvalue weighted by atomic mass is 16.5. The van der Waals surface area contributed by atoms with Gasteiger partial charge in [-0.1, -0.05) is 0 Å². The number of amides is 1. The van der Waals surface area contributed by atoms with Crippen LogP contribution >= 0.6 is 0 Å². The molecule has 0 unspecified atom stereocenters. The number of nitrogens with zero attached hydrogens (tertiary/aromatic N) is 3. The monoisotopic (exact) mass is 368 g/mol. The van der Waals surface area contributed by atoms with Gasteiger partial charge in [-0.3, -0.25) is 14.6 Å². The lowest BCUT2D eigenvalue weighted by Gasteiger charge is -2.16. The zero-order chi connectivity index (χ0) is 18.8. The molecule has 0 spiro atoms. The summed E-state index contributed by atoms with van der Waals surface area (Å²) < 4.78 is 10.1. The van der Waals surface area contributed by atoms with Crippen molar-refractivity contribution in [1.82, 2.24) is 20.0 Å². The predicted octanol–water partition coefficient (Wildman–Crippen LogP) is 1.87. The molecule has 0 aromatic carbocycles. The Balaban J connectivity index is 1.41. The average Bonchev–Trinajstić information content (AvgIpc) is 3.35. The summed E-state index contributed by atoms with van der Waals surface area (Å²) in [7, 11) is 1.52. The highest BCUT2D eigenvalue weighted by Crippen LogP contribution is 2.27. The maximum Gasteiger partial charge on any atom is 0.257 e. The van der Waals surface area contributed by atoms with E-state index in [1.54, 1.807) is 24.4 Å². The summed E-state index contributed by atoms with van der Waals surface area (Å²) in [5.41, 5.74) is 1.38. The second-order valence-corrected chi connectivity index (χ2v) is 6.65. The number of rotatable bonds is 5. The largest absolute Gasteiger partial charge is 0.479 e. The molecule has 3 aromatic rings. The zero-order valence-corrected chi connectivity index (χ0v) is 15.0. The van der Waals surface area contributed by atoms with Crippen LogP contribution in [0, 0.1) is 0 Å². The summed E-state index contributed by atoms with van der Waals surface area (Å²) in [4.78, 5) is 33.8. The van der Waals surface area contributed by atoms with Crippen molar-refractivity contribution >= 4 is 16.8 Å². The van der Waals surface area contributed by atoms with Gasteiger partial charge in [-0.25, -0.2) is 0 Å². The van der Waals surface area contributed by atoms with E-state index in [1.165, 1.54) is 7.11 Å². The molecule has 4 rings (SSSR count). The number of aromatic nitrogens is 3. The fourth-order valence-corrected chi connectivity index (χ4v) is 3.46. The lowest BCUT2D eigenvalue weighted by Crippen LogP contribution is -2.28. The Morgan fingerprint density at radius 3 is 3.15 bits per heavy atom. The lowest BCUT2D eigenvalue weighted by atomic mass is 10.0. The number of carbonyl (C=O) groups excluding carboxylic acids is 1. The minimum absolute atomic E-state index is 0.0640. The Bertz CT molecular complexity index is 1030. The first-order valence-electron chi connectivity index (χ1n) is 8.89. The molecule has 140 valence electrons. The quantitative estimate of drug-likeness (QED) is 0.738. The van der Waals surface area contributed by atoms with Gasteiger partial charge in [-0.05, 0) is 29.8 Å². The molecule has 0 radical (unpaired) electrons. The van der Waals surface area contributed by atoms with Crippen molar-refractivity contribution in [2.75, 3.05) is 20.2 Å². The molecule has 1 amide bonds. The number of aryl methyl sites for hydroxylation is 1. The molecule has 1 aliphatic rings. The number of pyridine rings is 2. The van der Waals surface area contributed by atoms with Gasteiger partial charge in [0.1, 0.15) is 5.76 Å². The molecule has 8 nitrogen and oxygen atoms in total. The predicted molar refractivity (Wildman–Crippen MR) is 97.7 cm³/mol. The maximum atomic E-state index is 12.5. The minimum atomic E-state index is -0.139. The first-order valence-corrected chi connectivity index (χ1v) is 8.89. The van der Waals surface area contributed by atoms with E-state index in [-0.39, 0.29) is 17.4 Å². The van der Waals surface area contributed by atoms with Crippen molar-refractivity contribution in [3.63, 3.8) is 0 Å². The van der Waals surface area contributed by atoms with Crippen molar-refractivity contribution in [2.24, 2.45) is 0 Å². The number of aromatic amines is 1. The summed E-state index contributed by atoms with van der Waals surface area (Å²) in [6.07, 6.45) is 3.32. The first kappa shape index (κ1) is 17.3. The van der Waals surface area contributed by atoms with E-state index in [1.807, 2.05) is 11.0 Å². The lowest BCUT2D eigenvalue weighted by molar-refractivity contribution is -0.130. The summed E-state index contributed by atoms with van der Waals surface area (Å²) >= 11 is 0. The van der Waals surface area contributed by atoms with Crippen LogP contribution in [0.2, 0.25) is 0 Å². The second kappa shape index (κ2) is 7.22. The summed E-state index contributed by atoms with van der Waals surface area (Å²) in [5.74, 6) is 1.21. The van der Waals surface area contributed by atoms with Crippen molar-refractivity contribution in [3.8, 4) is 5.88 Å². The van der Waals surface area contributed by atoms with E-state index in [0.717, 1.165) is 12.1 Å². The Morgan fingerprint density at radius 2 is 2.33 bits per heavy atom. The normalized spacial score (nSPS) is 16.8. The number of H-pyrrole nitrogens is 1. The molecule has 1 saturated heterocycles. The van der Waals surface area contributed by atoms with Gasteiger partial charge in [0.2, 0.25) is 5.91 Å². The maximum absolute atomic E-state index is 12.5. The molecular formula is C19H20N4O4. The smallest absolute Gasteiger partial charge is 0.257 e. The highest BCUT2D eigenvalue weighted by molar-refractivity contribution is 5.78. The van der Waals surface area contributed by atoms with E-state index in [9.17, 15) is 9.59 Å². The van der Waals surface area contributed by atoms with E-state index in [0.29, 0.717) is 48.5 Å². The molecule has 1 N–H and O–H groups in total. The van der Waals surface area contributed by atoms with Crippen LogP contribution in [0.5, 0.6) is 5.88 Å². The number of hydrogen-bond acceptors (Lipinski definition) is 6. The molecule has 1 atom stereocenters. The third kappa shape index (κ3) is 3.55. The third-order valence-electron chi connectivity index (χ3n) is 4.95. The van der Waals surface area contributed by atoms with Gasteiger partial charge in [0.05, 0.1) is 18.0 Å². The van der Waals surface area contributed by atoms with Crippen LogP contribution in [-0.2, 0) is 11.2 Å². The number of ether oxygens (including phenoxy) is 1. The first-order chi connectivity index (χ1) is 13.1. The van der Waals surface area contributed by atoms with Gasteiger partial charge in [0, 0.05) is 49.8 Å². The molecule has 27 heavy (non-hydrogen) atoms. The minimum Gasteiger partial charge on any atom is -0.479 e. The number of hydrogen-bond donors (Lipinski definition) is 1. The van der Waals surface area contributed by atoms with Crippen molar-refractivity contribution < 1.29 is 14.1 Å². The molecule has 8 heteroatoms. The number of methoxy groups -OCH3 is 1. The van der Waals surface area contributed by atoms with Crippen LogP contribution in [-0.4, -0.2) is 46.1 Å². The molecule has 1 fully saturated rings. The van der Waals surface area contributed by atoms with Gasteiger partial charge in [-0.15, -0.1) is 0 Å². The van der Waals surface area contributed by atoms with E-state index in [2.05, 4.69) is 15.1 Å². The van der Waals surface area contributed by atoms with Crippen molar-refractivity contribution in [1.29, 1.82) is 0 Å². The Morgan fingerprint density at radius 1 is 1.44 bits per heavy atom. The average molecular weight is 368 g/mol. The third-order valence-corrected chi connectivity index (χ3v) is 4.95. The number of nitrogens with one attached hydrogen (secondary N) is 1. The fourth-order valence-electron chi connectivity index (χ4n) is 3.46. The van der Waals surface area contributed by atoms with Crippen molar-refractivity contribution in [2.45, 2.75) is 25.2 Å². The molecule has 3 aromatic heterocycles. The summed E-state index contributed by atoms with van der Waals surface area (Å²) in [6, 6.07) is 7.11. The van der Waals surface area contributed by atoms with Crippen LogP contribution in [0.15, 0.2) is 39.8 Å². The van der Waals surface area contributed by atoms with E-state index >= 15 is 0 Å². The molecule has 0 saturated carbocycles. The van der Waals surface area contributed by atoms with Gasteiger partial charge >= 0.3 is 0 Å². The fraction of sp³-hybridized carbons (Fsp3) is 0.368. The van der Waals surface area contributed by atoms with Crippen LogP contribution < -0.4 is 10.3 Å². The Labute approximate surface area is 155 Å². The zero-order valence-electron chi connectivity index (χ0n) is 15.0. The number of likely N-dealkylation sites (tertiary alicyclic amines) is 1. The molecule has 4 heterocycles. The number of carbonyl (C=O) groups is 1. The highest BCUT2D eigenvalue weighted by Gasteiger charge is 2.28. The van der Waals surface area contributed by atoms with Gasteiger partial charge < -0.3 is 19.1 Å². The molecule has 0 bridgehead atoms. The van der Waals surface area contributed by atoms with Crippen LogP contribution in [0.3, 0.4) is 0 Å². The van der Waals surface area contributed by atoms with Crippen LogP contribution in [0.4, 0.5) is 0 Å². The molecular weight excluding hydrogens is 348 g/mol. The summed E-state index contributed by atoms with van der Waals surface area (Å²) in [6.45, 7) is 1.26. The Hall–Kier alpha value is -3.16. The van der Waals surface area contributed by atoms with E-state index < -0.39 is 0 Å². The van der Waals surface area contributed by atoms with Crippen LogP contribution in [0.1, 0.15) is 30.2 Å². The molecule has 1 aliphatic heterocycles. The van der Waals surface area contributed by atoms with Crippen molar-refractivity contribution in [3.05, 3.63) is 52.3 Å². The van der Waals surface area contributed by atoms with Gasteiger partial charge in [0.15, 0.2) is 0 Å². The Kier molecular flexibility index (Phi) is 4.62. The van der Waals surface area contributed by atoms with Crippen LogP contribution in [0.25, 0.3) is 10.9 Å². The van der Waals surface area contributed by atoms with Gasteiger partial charge in [-0.2, -0.15) is 0 Å². The summed E-state index contributed by atoms with van der Waals surface area (Å²) in [5, 5.41) is 4.31. The second-order valence-electron chi connectivity index (χ2n) is 6.65. The molecule has 0 aliphatic carbocycles. The van der Waals surface area contributed by atoms with E-state index in [4.69, 9.17) is 9.26 Å². The number of fused-ring (bicyclic) bond motifs is 1. The SMILES string of the molecule is COc1cc(CCC(=O)N2CC[C@@H](c3cc4ncccc4c(=O)[nH]3)C2)on1. The topological polar surface area (TPSA) is 101 Å². The van der Waals surface area contributed by atoms with Gasteiger partial charge in [0.25, 0.3) is 11.4 Å². The standard InChI is InChI=1S/C19H20N4O4/c1-26-17-9-13(27-22-17)4-5-18(24)23-8-6-12(11-23)15-10-16-14(19(25)21-15)3-2-7-20-16/h2-3,7,9-10,12H,4-6,8,11H2,1H3,(H,21,25)/t12-/m1/s1.